The Morgan fingerprint density at radius 3 is 2.54 bits per heavy atom. The molecule has 3 atom stereocenters. The summed E-state index contributed by atoms with van der Waals surface area (Å²) in [5.41, 5.74) is 1.08. The highest BCUT2D eigenvalue weighted by atomic mass is 16.4. The van der Waals surface area contributed by atoms with Gasteiger partial charge in [-0.05, 0) is 45.2 Å². The standard InChI is InChI=1S/C18H26N2O4/c1-13(17(22)20-12-6-9-16(20)21)19(2)15(18(23)24)11-10-14-7-4-3-5-8-14/h3-5,7-8,13,15-16,21H,6,9-12H2,1-2H3,(H,23,24). The molecule has 1 saturated heterocycles. The van der Waals surface area contributed by atoms with Crippen LogP contribution < -0.4 is 0 Å². The SMILES string of the molecule is CC(C(=O)N1CCCC1O)N(C)C(CCc1ccccc1)C(=O)O. The van der Waals surface area contributed by atoms with Crippen molar-refractivity contribution >= 4 is 11.9 Å². The van der Waals surface area contributed by atoms with Crippen LogP contribution in [0.2, 0.25) is 0 Å². The molecule has 1 amide bonds. The summed E-state index contributed by atoms with van der Waals surface area (Å²) >= 11 is 0. The van der Waals surface area contributed by atoms with Gasteiger partial charge in [0.1, 0.15) is 12.3 Å². The second kappa shape index (κ2) is 8.26. The average Bonchev–Trinajstić information content (AvgIpc) is 3.00. The number of amides is 1. The molecule has 1 aliphatic heterocycles. The van der Waals surface area contributed by atoms with Crippen LogP contribution in [0.15, 0.2) is 30.3 Å². The molecule has 0 aromatic heterocycles. The highest BCUT2D eigenvalue weighted by Gasteiger charge is 2.35. The van der Waals surface area contributed by atoms with Crippen LogP contribution in [-0.4, -0.2) is 63.8 Å². The van der Waals surface area contributed by atoms with Crippen LogP contribution in [0.4, 0.5) is 0 Å². The van der Waals surface area contributed by atoms with Crippen molar-refractivity contribution in [3.05, 3.63) is 35.9 Å². The van der Waals surface area contributed by atoms with Crippen molar-refractivity contribution in [2.45, 2.75) is 50.9 Å². The summed E-state index contributed by atoms with van der Waals surface area (Å²) in [5.74, 6) is -1.15. The third-order valence-corrected chi connectivity index (χ3v) is 4.80. The van der Waals surface area contributed by atoms with E-state index in [0.29, 0.717) is 25.8 Å². The Morgan fingerprint density at radius 2 is 2.00 bits per heavy atom. The fourth-order valence-electron chi connectivity index (χ4n) is 3.14. The first kappa shape index (κ1) is 18.4. The van der Waals surface area contributed by atoms with Gasteiger partial charge in [0.05, 0.1) is 6.04 Å². The Bertz CT molecular complexity index is 563. The third-order valence-electron chi connectivity index (χ3n) is 4.80. The first-order chi connectivity index (χ1) is 11.4. The van der Waals surface area contributed by atoms with Gasteiger partial charge in [0.15, 0.2) is 0 Å². The first-order valence-electron chi connectivity index (χ1n) is 8.39. The minimum atomic E-state index is -0.935. The molecule has 2 rings (SSSR count). The minimum Gasteiger partial charge on any atom is -0.480 e. The summed E-state index contributed by atoms with van der Waals surface area (Å²) in [6, 6.07) is 8.37. The van der Waals surface area contributed by atoms with Gasteiger partial charge >= 0.3 is 5.97 Å². The summed E-state index contributed by atoms with van der Waals surface area (Å²) in [4.78, 5) is 27.2. The lowest BCUT2D eigenvalue weighted by molar-refractivity contribution is -0.149. The van der Waals surface area contributed by atoms with Gasteiger partial charge in [-0.25, -0.2) is 0 Å². The number of benzene rings is 1. The van der Waals surface area contributed by atoms with E-state index in [2.05, 4.69) is 0 Å². The molecule has 1 aromatic rings. The predicted molar refractivity (Wildman–Crippen MR) is 90.4 cm³/mol. The second-order valence-electron chi connectivity index (χ2n) is 6.37. The van der Waals surface area contributed by atoms with E-state index in [-0.39, 0.29) is 5.91 Å². The van der Waals surface area contributed by atoms with Crippen molar-refractivity contribution in [1.82, 2.24) is 9.80 Å². The third kappa shape index (κ3) is 4.33. The molecule has 1 heterocycles. The molecular formula is C18H26N2O4. The predicted octanol–water partition coefficient (Wildman–Crippen LogP) is 1.33. The number of carboxylic acids is 1. The first-order valence-corrected chi connectivity index (χ1v) is 8.39. The Labute approximate surface area is 142 Å². The molecule has 1 fully saturated rings. The molecular weight excluding hydrogens is 308 g/mol. The number of carbonyl (C=O) groups excluding carboxylic acids is 1. The number of hydrogen-bond donors (Lipinski definition) is 2. The van der Waals surface area contributed by atoms with E-state index in [0.717, 1.165) is 12.0 Å². The van der Waals surface area contributed by atoms with Crippen LogP contribution in [0.1, 0.15) is 31.7 Å². The van der Waals surface area contributed by atoms with Crippen LogP contribution in [0, 0.1) is 0 Å². The minimum absolute atomic E-state index is 0.214. The molecule has 0 radical (unpaired) electrons. The van der Waals surface area contributed by atoms with Crippen molar-refractivity contribution in [2.24, 2.45) is 0 Å². The van der Waals surface area contributed by atoms with Crippen LogP contribution >= 0.6 is 0 Å². The molecule has 132 valence electrons. The van der Waals surface area contributed by atoms with E-state index in [1.54, 1.807) is 18.9 Å². The quantitative estimate of drug-likeness (QED) is 0.786. The van der Waals surface area contributed by atoms with Gasteiger partial charge in [0, 0.05) is 6.54 Å². The largest absolute Gasteiger partial charge is 0.480 e. The lowest BCUT2D eigenvalue weighted by Crippen LogP contribution is -2.52. The van der Waals surface area contributed by atoms with Crippen LogP contribution in [0.25, 0.3) is 0 Å². The summed E-state index contributed by atoms with van der Waals surface area (Å²) in [6.07, 6.45) is 1.67. The van der Waals surface area contributed by atoms with Gasteiger partial charge < -0.3 is 15.1 Å². The fraction of sp³-hybridized carbons (Fsp3) is 0.556. The van der Waals surface area contributed by atoms with E-state index in [1.165, 1.54) is 4.90 Å². The molecule has 0 saturated carbocycles. The zero-order chi connectivity index (χ0) is 17.7. The Balaban J connectivity index is 2.00. The topological polar surface area (TPSA) is 81.1 Å². The molecule has 24 heavy (non-hydrogen) atoms. The van der Waals surface area contributed by atoms with E-state index in [4.69, 9.17) is 0 Å². The number of rotatable bonds is 7. The van der Waals surface area contributed by atoms with E-state index in [9.17, 15) is 19.8 Å². The van der Waals surface area contributed by atoms with Crippen molar-refractivity contribution < 1.29 is 19.8 Å². The van der Waals surface area contributed by atoms with Gasteiger partial charge in [-0.15, -0.1) is 0 Å². The maximum Gasteiger partial charge on any atom is 0.320 e. The zero-order valence-corrected chi connectivity index (χ0v) is 14.3. The number of aliphatic hydroxyl groups is 1. The van der Waals surface area contributed by atoms with E-state index >= 15 is 0 Å². The number of aliphatic hydroxyl groups excluding tert-OH is 1. The van der Waals surface area contributed by atoms with Gasteiger partial charge in [-0.2, -0.15) is 0 Å². The van der Waals surface area contributed by atoms with Crippen molar-refractivity contribution in [3.8, 4) is 0 Å². The summed E-state index contributed by atoms with van der Waals surface area (Å²) < 4.78 is 0. The number of carboxylic acid groups (broad SMARTS) is 1. The lowest BCUT2D eigenvalue weighted by atomic mass is 10.0. The zero-order valence-electron chi connectivity index (χ0n) is 14.3. The van der Waals surface area contributed by atoms with Crippen LogP contribution in [0.3, 0.4) is 0 Å². The number of nitrogens with zero attached hydrogens (tertiary/aromatic N) is 2. The molecule has 6 heteroatoms. The van der Waals surface area contributed by atoms with Gasteiger partial charge in [0.2, 0.25) is 5.91 Å². The normalized spacial score (nSPS) is 20.2. The lowest BCUT2D eigenvalue weighted by Gasteiger charge is -2.33. The summed E-state index contributed by atoms with van der Waals surface area (Å²) in [5, 5.41) is 19.4. The number of likely N-dealkylation sites (tertiary alicyclic amines) is 1. The molecule has 0 spiro atoms. The Kier molecular flexibility index (Phi) is 6.34. The van der Waals surface area contributed by atoms with Crippen molar-refractivity contribution in [2.75, 3.05) is 13.6 Å². The monoisotopic (exact) mass is 334 g/mol. The molecule has 2 N–H and O–H groups in total. The molecule has 0 aliphatic carbocycles. The highest BCUT2D eigenvalue weighted by Crippen LogP contribution is 2.19. The molecule has 1 aromatic carbocycles. The molecule has 6 nitrogen and oxygen atoms in total. The van der Waals surface area contributed by atoms with E-state index in [1.807, 2.05) is 30.3 Å². The number of carbonyl (C=O) groups is 2. The smallest absolute Gasteiger partial charge is 0.320 e. The maximum absolute atomic E-state index is 12.5. The van der Waals surface area contributed by atoms with Crippen LogP contribution in [-0.2, 0) is 16.0 Å². The van der Waals surface area contributed by atoms with Crippen molar-refractivity contribution in [3.63, 3.8) is 0 Å². The number of aryl methyl sites for hydroxylation is 1. The van der Waals surface area contributed by atoms with Gasteiger partial charge in [0.25, 0.3) is 0 Å². The van der Waals surface area contributed by atoms with Gasteiger partial charge in [-0.3, -0.25) is 14.5 Å². The second-order valence-corrected chi connectivity index (χ2v) is 6.37. The maximum atomic E-state index is 12.5. The summed E-state index contributed by atoms with van der Waals surface area (Å²) in [7, 11) is 1.66. The molecule has 1 aliphatic rings. The summed E-state index contributed by atoms with van der Waals surface area (Å²) in [6.45, 7) is 2.23. The molecule has 0 bridgehead atoms. The number of likely N-dealkylation sites (N-methyl/N-ethyl adjacent to an activating group) is 1. The highest BCUT2D eigenvalue weighted by molar-refractivity contribution is 5.83. The van der Waals surface area contributed by atoms with Crippen LogP contribution in [0.5, 0.6) is 0 Å². The Morgan fingerprint density at radius 1 is 1.33 bits per heavy atom. The number of hydrogen-bond acceptors (Lipinski definition) is 4. The van der Waals surface area contributed by atoms with Crippen molar-refractivity contribution in [1.29, 1.82) is 0 Å². The van der Waals surface area contributed by atoms with E-state index < -0.39 is 24.3 Å². The fourth-order valence-corrected chi connectivity index (χ4v) is 3.14. The van der Waals surface area contributed by atoms with Gasteiger partial charge in [-0.1, -0.05) is 30.3 Å². The number of aliphatic carboxylic acids is 1. The Hall–Kier alpha value is -1.92. The molecule has 3 unspecified atom stereocenters. The average molecular weight is 334 g/mol.